The summed E-state index contributed by atoms with van der Waals surface area (Å²) in [5, 5.41) is 11.4. The normalized spacial score (nSPS) is 20.5. The smallest absolute Gasteiger partial charge is 0.230 e. The fraction of sp³-hybridized carbons (Fsp3) is 0.588. The molecule has 1 N–H and O–H groups in total. The second-order valence-corrected chi connectivity index (χ2v) is 6.30. The van der Waals surface area contributed by atoms with Crippen molar-refractivity contribution < 1.29 is 14.1 Å². The van der Waals surface area contributed by atoms with Gasteiger partial charge in [-0.25, -0.2) is 0 Å². The average Bonchev–Trinajstić information content (AvgIpc) is 3.20. The van der Waals surface area contributed by atoms with Crippen molar-refractivity contribution in [2.45, 2.75) is 46.6 Å². The molecule has 3 rings (SSSR count). The molecule has 1 amide bonds. The van der Waals surface area contributed by atoms with E-state index >= 15 is 0 Å². The summed E-state index contributed by atoms with van der Waals surface area (Å²) in [4.78, 5) is 12.9. The summed E-state index contributed by atoms with van der Waals surface area (Å²) in [6.07, 6.45) is 1.11. The van der Waals surface area contributed by atoms with Gasteiger partial charge in [-0.15, -0.1) is 0 Å². The average molecular weight is 332 g/mol. The second-order valence-electron chi connectivity index (χ2n) is 6.30. The lowest BCUT2D eigenvalue weighted by molar-refractivity contribution is -0.121. The van der Waals surface area contributed by atoms with Gasteiger partial charge in [0, 0.05) is 31.3 Å². The number of amides is 1. The number of hydrogen-bond donors (Lipinski definition) is 1. The first-order valence-corrected chi connectivity index (χ1v) is 8.31. The number of nitrogens with one attached hydrogen (secondary N) is 1. The molecule has 0 aromatic carbocycles. The Balaban J connectivity index is 1.85. The van der Waals surface area contributed by atoms with Crippen molar-refractivity contribution in [3.63, 3.8) is 0 Å². The maximum Gasteiger partial charge on any atom is 0.230 e. The number of rotatable bonds is 4. The highest BCUT2D eigenvalue weighted by atomic mass is 16.5. The highest BCUT2D eigenvalue weighted by molar-refractivity contribution is 5.94. The number of aryl methyl sites for hydroxylation is 4. The Morgan fingerprint density at radius 1 is 1.33 bits per heavy atom. The molecule has 1 aliphatic rings. The molecule has 0 bridgehead atoms. The van der Waals surface area contributed by atoms with Gasteiger partial charge < -0.3 is 14.6 Å². The fourth-order valence-electron chi connectivity index (χ4n) is 3.38. The van der Waals surface area contributed by atoms with Crippen LogP contribution in [0.1, 0.15) is 47.9 Å². The van der Waals surface area contributed by atoms with E-state index < -0.39 is 0 Å². The van der Waals surface area contributed by atoms with Crippen LogP contribution in [0.5, 0.6) is 0 Å². The standard InChI is InChI=1S/C17H24N4O3/c1-6-13-15(10(3)20-24-13)18-17(22)12-7-8-23-16(12)14-9(2)19-21(5)11(14)4/h12,16H,6-8H2,1-5H3,(H,18,22)/t12-,16-/m0/s1. The van der Waals surface area contributed by atoms with E-state index in [0.717, 1.165) is 17.0 Å². The minimum absolute atomic E-state index is 0.0545. The molecule has 7 nitrogen and oxygen atoms in total. The van der Waals surface area contributed by atoms with E-state index in [1.54, 1.807) is 0 Å². The van der Waals surface area contributed by atoms with Gasteiger partial charge in [0.1, 0.15) is 11.4 Å². The van der Waals surface area contributed by atoms with E-state index in [0.29, 0.717) is 36.6 Å². The van der Waals surface area contributed by atoms with E-state index in [9.17, 15) is 4.79 Å². The highest BCUT2D eigenvalue weighted by Crippen LogP contribution is 2.38. The predicted molar refractivity (Wildman–Crippen MR) is 88.7 cm³/mol. The number of carbonyl (C=O) groups excluding carboxylic acids is 1. The zero-order chi connectivity index (χ0) is 17.4. The van der Waals surface area contributed by atoms with Gasteiger partial charge in [0.05, 0.1) is 17.7 Å². The van der Waals surface area contributed by atoms with Crippen LogP contribution in [0.15, 0.2) is 4.52 Å². The largest absolute Gasteiger partial charge is 0.373 e. The molecular formula is C17H24N4O3. The Morgan fingerprint density at radius 2 is 2.08 bits per heavy atom. The lowest BCUT2D eigenvalue weighted by Gasteiger charge is -2.19. The summed E-state index contributed by atoms with van der Waals surface area (Å²) >= 11 is 0. The van der Waals surface area contributed by atoms with Crippen molar-refractivity contribution in [3.8, 4) is 0 Å². The maximum atomic E-state index is 12.9. The molecule has 130 valence electrons. The van der Waals surface area contributed by atoms with Crippen LogP contribution in [0.3, 0.4) is 0 Å². The second kappa shape index (κ2) is 6.39. The molecule has 0 aliphatic carbocycles. The van der Waals surface area contributed by atoms with Gasteiger partial charge in [0.15, 0.2) is 5.76 Å². The Labute approximate surface area is 141 Å². The van der Waals surface area contributed by atoms with Crippen LogP contribution in [0.4, 0.5) is 5.69 Å². The number of hydrogen-bond acceptors (Lipinski definition) is 5. The molecular weight excluding hydrogens is 308 g/mol. The summed E-state index contributed by atoms with van der Waals surface area (Å²) < 4.78 is 13.0. The number of ether oxygens (including phenoxy) is 1. The van der Waals surface area contributed by atoms with E-state index in [1.807, 2.05) is 39.4 Å². The van der Waals surface area contributed by atoms with E-state index in [2.05, 4.69) is 15.6 Å². The zero-order valence-electron chi connectivity index (χ0n) is 14.8. The van der Waals surface area contributed by atoms with Crippen LogP contribution >= 0.6 is 0 Å². The van der Waals surface area contributed by atoms with Gasteiger partial charge in [0.25, 0.3) is 0 Å². The van der Waals surface area contributed by atoms with Crippen molar-refractivity contribution in [3.05, 3.63) is 28.4 Å². The van der Waals surface area contributed by atoms with Crippen molar-refractivity contribution >= 4 is 11.6 Å². The molecule has 0 spiro atoms. The third-order valence-electron chi connectivity index (χ3n) is 4.78. The molecule has 2 aromatic rings. The first kappa shape index (κ1) is 16.7. The molecule has 1 fully saturated rings. The van der Waals surface area contributed by atoms with Gasteiger partial charge in [-0.1, -0.05) is 12.1 Å². The van der Waals surface area contributed by atoms with Gasteiger partial charge in [-0.2, -0.15) is 5.10 Å². The number of nitrogens with zero attached hydrogens (tertiary/aromatic N) is 3. The maximum absolute atomic E-state index is 12.9. The van der Waals surface area contributed by atoms with Crippen LogP contribution in [0.2, 0.25) is 0 Å². The van der Waals surface area contributed by atoms with Crippen LogP contribution in [-0.4, -0.2) is 27.5 Å². The molecule has 0 radical (unpaired) electrons. The number of anilines is 1. The van der Waals surface area contributed by atoms with E-state index in [-0.39, 0.29) is 17.9 Å². The SMILES string of the molecule is CCc1onc(C)c1NC(=O)[C@H]1CCO[C@@H]1c1c(C)nn(C)c1C. The summed E-state index contributed by atoms with van der Waals surface area (Å²) in [6, 6.07) is 0. The topological polar surface area (TPSA) is 82.2 Å². The Bertz CT molecular complexity index is 762. The van der Waals surface area contributed by atoms with E-state index in [1.165, 1.54) is 0 Å². The first-order valence-electron chi connectivity index (χ1n) is 8.31. The number of aromatic nitrogens is 3. The summed E-state index contributed by atoms with van der Waals surface area (Å²) in [5.41, 5.74) is 4.35. The highest BCUT2D eigenvalue weighted by Gasteiger charge is 2.38. The van der Waals surface area contributed by atoms with Crippen molar-refractivity contribution in [2.24, 2.45) is 13.0 Å². The lowest BCUT2D eigenvalue weighted by Crippen LogP contribution is -2.26. The van der Waals surface area contributed by atoms with E-state index in [4.69, 9.17) is 9.26 Å². The molecule has 1 saturated heterocycles. The lowest BCUT2D eigenvalue weighted by atomic mass is 9.93. The molecule has 0 unspecified atom stereocenters. The van der Waals surface area contributed by atoms with Crippen molar-refractivity contribution in [2.75, 3.05) is 11.9 Å². The van der Waals surface area contributed by atoms with Crippen molar-refractivity contribution in [1.29, 1.82) is 0 Å². The molecule has 7 heteroatoms. The van der Waals surface area contributed by atoms with Gasteiger partial charge in [-0.3, -0.25) is 9.48 Å². The molecule has 24 heavy (non-hydrogen) atoms. The summed E-state index contributed by atoms with van der Waals surface area (Å²) in [7, 11) is 1.91. The quantitative estimate of drug-likeness (QED) is 0.930. The number of carbonyl (C=O) groups is 1. The third-order valence-corrected chi connectivity index (χ3v) is 4.78. The third kappa shape index (κ3) is 2.73. The van der Waals surface area contributed by atoms with Gasteiger partial charge in [0.2, 0.25) is 5.91 Å². The molecule has 2 atom stereocenters. The van der Waals surface area contributed by atoms with Gasteiger partial charge >= 0.3 is 0 Å². The summed E-state index contributed by atoms with van der Waals surface area (Å²) in [6.45, 7) is 8.33. The fourth-order valence-corrected chi connectivity index (χ4v) is 3.38. The minimum atomic E-state index is -0.260. The molecule has 2 aromatic heterocycles. The van der Waals surface area contributed by atoms with Gasteiger partial charge in [-0.05, 0) is 27.2 Å². The zero-order valence-corrected chi connectivity index (χ0v) is 14.8. The Kier molecular flexibility index (Phi) is 4.45. The van der Waals surface area contributed by atoms with Crippen LogP contribution in [0.25, 0.3) is 0 Å². The molecule has 0 saturated carbocycles. The van der Waals surface area contributed by atoms with Crippen LogP contribution in [0, 0.1) is 26.7 Å². The Morgan fingerprint density at radius 3 is 2.71 bits per heavy atom. The minimum Gasteiger partial charge on any atom is -0.373 e. The van der Waals surface area contributed by atoms with Crippen LogP contribution in [-0.2, 0) is 23.0 Å². The van der Waals surface area contributed by atoms with Crippen molar-refractivity contribution in [1.82, 2.24) is 14.9 Å². The monoisotopic (exact) mass is 332 g/mol. The van der Waals surface area contributed by atoms with Crippen LogP contribution < -0.4 is 5.32 Å². The molecule has 1 aliphatic heterocycles. The predicted octanol–water partition coefficient (Wildman–Crippen LogP) is 2.61. The summed E-state index contributed by atoms with van der Waals surface area (Å²) in [5.74, 6) is 0.400. The first-order chi connectivity index (χ1) is 11.4. The molecule has 3 heterocycles. The Hall–Kier alpha value is -2.15.